The van der Waals surface area contributed by atoms with Crippen molar-refractivity contribution in [2.45, 2.75) is 6.54 Å². The van der Waals surface area contributed by atoms with Crippen LogP contribution in [0.5, 0.6) is 0 Å². The van der Waals surface area contributed by atoms with Gasteiger partial charge in [-0.2, -0.15) is 11.3 Å². The van der Waals surface area contributed by atoms with E-state index >= 15 is 0 Å². The van der Waals surface area contributed by atoms with E-state index in [0.29, 0.717) is 5.70 Å². The lowest BCUT2D eigenvalue weighted by Crippen LogP contribution is -2.30. The molecule has 0 spiro atoms. The summed E-state index contributed by atoms with van der Waals surface area (Å²) in [5, 5.41) is 6.46. The zero-order chi connectivity index (χ0) is 14.8. The van der Waals surface area contributed by atoms with Crippen LogP contribution in [0.25, 0.3) is 6.08 Å². The molecule has 1 saturated heterocycles. The number of amides is 3. The molecule has 106 valence electrons. The summed E-state index contributed by atoms with van der Waals surface area (Å²) in [7, 11) is 0. The standard InChI is InChI=1S/C15H11BrN2O2S/c16-12-3-1-10(2-4-12)8-18-14(19)13(17-15(18)20)7-11-5-6-21-9-11/h1-7,9H,8H2,(H,17,20)/b13-7+. The zero-order valence-corrected chi connectivity index (χ0v) is 13.3. The molecule has 21 heavy (non-hydrogen) atoms. The van der Waals surface area contributed by atoms with Gasteiger partial charge >= 0.3 is 6.03 Å². The van der Waals surface area contributed by atoms with E-state index in [9.17, 15) is 9.59 Å². The van der Waals surface area contributed by atoms with Crippen LogP contribution in [0.3, 0.4) is 0 Å². The molecule has 6 heteroatoms. The predicted octanol–water partition coefficient (Wildman–Crippen LogP) is 3.60. The SMILES string of the molecule is O=C1N/C(=C/c2ccsc2)C(=O)N1Cc1ccc(Br)cc1. The van der Waals surface area contributed by atoms with Crippen molar-refractivity contribution < 1.29 is 9.59 Å². The first kappa shape index (κ1) is 14.0. The van der Waals surface area contributed by atoms with Crippen LogP contribution in [-0.4, -0.2) is 16.8 Å². The first-order chi connectivity index (χ1) is 10.1. The fraction of sp³-hybridized carbons (Fsp3) is 0.0667. The summed E-state index contributed by atoms with van der Waals surface area (Å²) in [5.74, 6) is -0.297. The Labute approximate surface area is 134 Å². The number of rotatable bonds is 3. The number of nitrogens with one attached hydrogen (secondary N) is 1. The van der Waals surface area contributed by atoms with Crippen molar-refractivity contribution in [3.05, 3.63) is 62.4 Å². The van der Waals surface area contributed by atoms with Crippen LogP contribution < -0.4 is 5.32 Å². The minimum atomic E-state index is -0.385. The van der Waals surface area contributed by atoms with Gasteiger partial charge in [-0.3, -0.25) is 9.69 Å². The fourth-order valence-corrected chi connectivity index (χ4v) is 2.89. The third-order valence-corrected chi connectivity index (χ3v) is 4.30. The number of carbonyl (C=O) groups is 2. The smallest absolute Gasteiger partial charge is 0.303 e. The average molecular weight is 363 g/mol. The van der Waals surface area contributed by atoms with Gasteiger partial charge in [0.15, 0.2) is 0 Å². The van der Waals surface area contributed by atoms with Crippen molar-refractivity contribution >= 4 is 45.3 Å². The molecular formula is C15H11BrN2O2S. The highest BCUT2D eigenvalue weighted by molar-refractivity contribution is 9.10. The van der Waals surface area contributed by atoms with Crippen LogP contribution in [0.4, 0.5) is 4.79 Å². The second-order valence-electron chi connectivity index (χ2n) is 4.56. The minimum Gasteiger partial charge on any atom is -0.303 e. The predicted molar refractivity (Wildman–Crippen MR) is 85.5 cm³/mol. The maximum absolute atomic E-state index is 12.3. The Balaban J connectivity index is 1.79. The summed E-state index contributed by atoms with van der Waals surface area (Å²) in [6, 6.07) is 9.04. The number of benzene rings is 1. The lowest BCUT2D eigenvalue weighted by atomic mass is 10.2. The first-order valence-corrected chi connectivity index (χ1v) is 7.98. The topological polar surface area (TPSA) is 49.4 Å². The summed E-state index contributed by atoms with van der Waals surface area (Å²) >= 11 is 4.90. The lowest BCUT2D eigenvalue weighted by Gasteiger charge is -2.11. The Hall–Kier alpha value is -1.92. The van der Waals surface area contributed by atoms with Crippen LogP contribution in [0, 0.1) is 0 Å². The second kappa shape index (κ2) is 5.83. The molecule has 2 heterocycles. The molecule has 0 aliphatic carbocycles. The molecule has 0 atom stereocenters. The summed E-state index contributed by atoms with van der Waals surface area (Å²) in [6.07, 6.45) is 1.69. The van der Waals surface area contributed by atoms with E-state index in [4.69, 9.17) is 0 Å². The van der Waals surface area contributed by atoms with Crippen LogP contribution >= 0.6 is 27.3 Å². The van der Waals surface area contributed by atoms with Gasteiger partial charge in [0.05, 0.1) is 6.54 Å². The number of hydrogen-bond acceptors (Lipinski definition) is 3. The van der Waals surface area contributed by atoms with E-state index in [0.717, 1.165) is 15.6 Å². The number of hydrogen-bond donors (Lipinski definition) is 1. The van der Waals surface area contributed by atoms with Gasteiger partial charge < -0.3 is 5.32 Å². The zero-order valence-electron chi connectivity index (χ0n) is 10.9. The fourth-order valence-electron chi connectivity index (χ4n) is 2.01. The molecule has 1 aliphatic rings. The maximum atomic E-state index is 12.3. The van der Waals surface area contributed by atoms with Gasteiger partial charge in [0, 0.05) is 4.47 Å². The Morgan fingerprint density at radius 3 is 2.62 bits per heavy atom. The average Bonchev–Trinajstić information content (AvgIpc) is 3.06. The molecule has 3 rings (SSSR count). The van der Waals surface area contributed by atoms with Crippen molar-refractivity contribution in [1.29, 1.82) is 0 Å². The van der Waals surface area contributed by atoms with E-state index in [1.54, 1.807) is 17.4 Å². The van der Waals surface area contributed by atoms with Crippen LogP contribution in [-0.2, 0) is 11.3 Å². The molecule has 2 aromatic rings. The minimum absolute atomic E-state index is 0.263. The van der Waals surface area contributed by atoms with Crippen molar-refractivity contribution in [3.8, 4) is 0 Å². The lowest BCUT2D eigenvalue weighted by molar-refractivity contribution is -0.123. The van der Waals surface area contributed by atoms with Crippen molar-refractivity contribution in [2.75, 3.05) is 0 Å². The summed E-state index contributed by atoms with van der Waals surface area (Å²) < 4.78 is 0.960. The maximum Gasteiger partial charge on any atom is 0.329 e. The first-order valence-electron chi connectivity index (χ1n) is 6.25. The molecule has 0 saturated carbocycles. The highest BCUT2D eigenvalue weighted by Crippen LogP contribution is 2.19. The van der Waals surface area contributed by atoms with Crippen molar-refractivity contribution in [1.82, 2.24) is 10.2 Å². The van der Waals surface area contributed by atoms with Crippen LogP contribution in [0.2, 0.25) is 0 Å². The molecule has 1 aromatic heterocycles. The molecule has 3 amide bonds. The van der Waals surface area contributed by atoms with Crippen LogP contribution in [0.15, 0.2) is 51.3 Å². The number of thiophene rings is 1. The third kappa shape index (κ3) is 3.06. The molecule has 0 unspecified atom stereocenters. The summed E-state index contributed by atoms with van der Waals surface area (Å²) in [6.45, 7) is 0.263. The molecule has 1 N–H and O–H groups in total. The summed E-state index contributed by atoms with van der Waals surface area (Å²) in [4.78, 5) is 25.4. The monoisotopic (exact) mass is 362 g/mol. The van der Waals surface area contributed by atoms with E-state index in [2.05, 4.69) is 21.2 Å². The normalized spacial score (nSPS) is 16.6. The quantitative estimate of drug-likeness (QED) is 0.669. The number of imide groups is 1. The number of urea groups is 1. The molecule has 0 bridgehead atoms. The van der Waals surface area contributed by atoms with Crippen LogP contribution in [0.1, 0.15) is 11.1 Å². The van der Waals surface area contributed by atoms with Gasteiger partial charge in [0.1, 0.15) is 5.70 Å². The number of halogens is 1. The molecule has 4 nitrogen and oxygen atoms in total. The molecule has 0 radical (unpaired) electrons. The molecule has 1 aromatic carbocycles. The Morgan fingerprint density at radius 1 is 1.19 bits per heavy atom. The number of carbonyl (C=O) groups excluding carboxylic acids is 2. The van der Waals surface area contributed by atoms with Gasteiger partial charge in [-0.25, -0.2) is 4.79 Å². The highest BCUT2D eigenvalue weighted by Gasteiger charge is 2.33. The Bertz CT molecular complexity index is 708. The van der Waals surface area contributed by atoms with Gasteiger partial charge in [-0.1, -0.05) is 28.1 Å². The third-order valence-electron chi connectivity index (χ3n) is 3.07. The van der Waals surface area contributed by atoms with E-state index < -0.39 is 0 Å². The van der Waals surface area contributed by atoms with Gasteiger partial charge in [-0.15, -0.1) is 0 Å². The van der Waals surface area contributed by atoms with E-state index in [1.807, 2.05) is 41.1 Å². The van der Waals surface area contributed by atoms with Crippen molar-refractivity contribution in [2.24, 2.45) is 0 Å². The van der Waals surface area contributed by atoms with Crippen molar-refractivity contribution in [3.63, 3.8) is 0 Å². The second-order valence-corrected chi connectivity index (χ2v) is 6.26. The van der Waals surface area contributed by atoms with E-state index in [-0.39, 0.29) is 18.5 Å². The van der Waals surface area contributed by atoms with Gasteiger partial charge in [-0.05, 0) is 46.2 Å². The molecular weight excluding hydrogens is 352 g/mol. The largest absolute Gasteiger partial charge is 0.329 e. The Kier molecular flexibility index (Phi) is 3.90. The summed E-state index contributed by atoms with van der Waals surface area (Å²) in [5.41, 5.74) is 2.13. The molecule has 1 aliphatic heterocycles. The molecule has 1 fully saturated rings. The highest BCUT2D eigenvalue weighted by atomic mass is 79.9. The van der Waals surface area contributed by atoms with Gasteiger partial charge in [0.2, 0.25) is 0 Å². The van der Waals surface area contributed by atoms with Gasteiger partial charge in [0.25, 0.3) is 5.91 Å². The number of nitrogens with zero attached hydrogens (tertiary/aromatic N) is 1. The Morgan fingerprint density at radius 2 is 1.95 bits per heavy atom. The van der Waals surface area contributed by atoms with E-state index in [1.165, 1.54) is 4.90 Å².